The van der Waals surface area contributed by atoms with Crippen molar-refractivity contribution in [2.24, 2.45) is 0 Å². The number of nitrogens with one attached hydrogen (secondary N) is 1. The van der Waals surface area contributed by atoms with E-state index in [1.165, 1.54) is 12.7 Å². The van der Waals surface area contributed by atoms with Gasteiger partial charge in [0.15, 0.2) is 0 Å². The minimum Gasteiger partial charge on any atom is -0.379 e. The molecule has 2 atom stereocenters. The van der Waals surface area contributed by atoms with E-state index in [-0.39, 0.29) is 6.10 Å². The molecule has 1 aromatic heterocycles. The smallest absolute Gasteiger partial charge is 0.148 e. The summed E-state index contributed by atoms with van der Waals surface area (Å²) in [5, 5.41) is 3.86. The van der Waals surface area contributed by atoms with Crippen molar-refractivity contribution in [2.75, 3.05) is 12.4 Å². The molecule has 0 saturated heterocycles. The summed E-state index contributed by atoms with van der Waals surface area (Å²) in [4.78, 5) is 7.95. The first-order chi connectivity index (χ1) is 7.31. The number of hydrogen-bond donors (Lipinski definition) is 1. The van der Waals surface area contributed by atoms with Crippen molar-refractivity contribution in [3.63, 3.8) is 0 Å². The summed E-state index contributed by atoms with van der Waals surface area (Å²) < 4.78 is 5.39. The lowest BCUT2D eigenvalue weighted by Gasteiger charge is -2.20. The van der Waals surface area contributed by atoms with Crippen LogP contribution in [0.1, 0.15) is 19.3 Å². The third-order valence-corrected chi connectivity index (χ3v) is 3.02. The van der Waals surface area contributed by atoms with E-state index in [1.807, 2.05) is 0 Å². The van der Waals surface area contributed by atoms with Crippen LogP contribution in [0, 0.1) is 0 Å². The van der Waals surface area contributed by atoms with Crippen LogP contribution < -0.4 is 5.32 Å². The lowest BCUT2D eigenvalue weighted by atomic mass is 10.2. The van der Waals surface area contributed by atoms with Crippen LogP contribution in [0.3, 0.4) is 0 Å². The lowest BCUT2D eigenvalue weighted by molar-refractivity contribution is 0.101. The molecule has 0 aliphatic heterocycles. The van der Waals surface area contributed by atoms with Gasteiger partial charge in [0, 0.05) is 7.11 Å². The highest BCUT2D eigenvalue weighted by molar-refractivity contribution is 6.32. The SMILES string of the molecule is COC1CCCC1Nc1ncncc1Cl. The minimum absolute atomic E-state index is 0.260. The van der Waals surface area contributed by atoms with E-state index in [0.717, 1.165) is 12.8 Å². The number of rotatable bonds is 3. The largest absolute Gasteiger partial charge is 0.379 e. The molecule has 2 unspecified atom stereocenters. The predicted octanol–water partition coefficient (Wildman–Crippen LogP) is 2.11. The summed E-state index contributed by atoms with van der Waals surface area (Å²) in [6.45, 7) is 0. The van der Waals surface area contributed by atoms with Gasteiger partial charge in [-0.15, -0.1) is 0 Å². The van der Waals surface area contributed by atoms with Crippen molar-refractivity contribution in [3.05, 3.63) is 17.5 Å². The van der Waals surface area contributed by atoms with Gasteiger partial charge in [0.05, 0.1) is 18.3 Å². The van der Waals surface area contributed by atoms with Crippen LogP contribution in [0.5, 0.6) is 0 Å². The summed E-state index contributed by atoms with van der Waals surface area (Å²) in [5.41, 5.74) is 0. The number of ether oxygens (including phenoxy) is 1. The molecule has 82 valence electrons. The summed E-state index contributed by atoms with van der Waals surface area (Å²) in [5.74, 6) is 0.695. The first kappa shape index (κ1) is 10.6. The second kappa shape index (κ2) is 4.77. The van der Waals surface area contributed by atoms with Crippen molar-refractivity contribution in [1.29, 1.82) is 0 Å². The van der Waals surface area contributed by atoms with Crippen molar-refractivity contribution in [1.82, 2.24) is 9.97 Å². The topological polar surface area (TPSA) is 47.0 Å². The van der Waals surface area contributed by atoms with Gasteiger partial charge in [-0.2, -0.15) is 0 Å². The van der Waals surface area contributed by atoms with Crippen LogP contribution in [0.4, 0.5) is 5.82 Å². The van der Waals surface area contributed by atoms with Crippen LogP contribution in [0.15, 0.2) is 12.5 Å². The van der Waals surface area contributed by atoms with Gasteiger partial charge in [-0.3, -0.25) is 0 Å². The normalized spacial score (nSPS) is 25.5. The van der Waals surface area contributed by atoms with E-state index in [9.17, 15) is 0 Å². The maximum atomic E-state index is 5.97. The van der Waals surface area contributed by atoms with E-state index in [2.05, 4.69) is 15.3 Å². The quantitative estimate of drug-likeness (QED) is 0.859. The molecule has 1 saturated carbocycles. The molecule has 0 spiro atoms. The van der Waals surface area contributed by atoms with Crippen molar-refractivity contribution in [3.8, 4) is 0 Å². The zero-order valence-corrected chi connectivity index (χ0v) is 9.37. The van der Waals surface area contributed by atoms with Crippen molar-refractivity contribution in [2.45, 2.75) is 31.4 Å². The molecule has 15 heavy (non-hydrogen) atoms. The Morgan fingerprint density at radius 3 is 3.13 bits per heavy atom. The third-order valence-electron chi connectivity index (χ3n) is 2.75. The second-order valence-electron chi connectivity index (χ2n) is 3.68. The van der Waals surface area contributed by atoms with Crippen LogP contribution in [0.2, 0.25) is 5.02 Å². The Morgan fingerprint density at radius 2 is 2.40 bits per heavy atom. The van der Waals surface area contributed by atoms with E-state index in [0.29, 0.717) is 16.9 Å². The molecule has 2 rings (SSSR count). The first-order valence-corrected chi connectivity index (χ1v) is 5.44. The molecule has 1 heterocycles. The number of nitrogens with zero attached hydrogens (tertiary/aromatic N) is 2. The number of halogens is 1. The Balaban J connectivity index is 2.05. The highest BCUT2D eigenvalue weighted by Gasteiger charge is 2.27. The van der Waals surface area contributed by atoms with Gasteiger partial charge in [0.2, 0.25) is 0 Å². The number of hydrogen-bond acceptors (Lipinski definition) is 4. The summed E-state index contributed by atoms with van der Waals surface area (Å²) >= 11 is 5.97. The lowest BCUT2D eigenvalue weighted by Crippen LogP contribution is -2.30. The highest BCUT2D eigenvalue weighted by Crippen LogP contribution is 2.26. The molecule has 1 fully saturated rings. The van der Waals surface area contributed by atoms with Crippen LogP contribution in [-0.4, -0.2) is 29.2 Å². The van der Waals surface area contributed by atoms with Gasteiger partial charge in [0.1, 0.15) is 17.2 Å². The predicted molar refractivity (Wildman–Crippen MR) is 59.1 cm³/mol. The highest BCUT2D eigenvalue weighted by atomic mass is 35.5. The minimum atomic E-state index is 0.260. The van der Waals surface area contributed by atoms with Crippen molar-refractivity contribution < 1.29 is 4.74 Å². The summed E-state index contributed by atoms with van der Waals surface area (Å²) in [7, 11) is 1.74. The molecule has 0 radical (unpaired) electrons. The molecular weight excluding hydrogens is 214 g/mol. The fourth-order valence-electron chi connectivity index (χ4n) is 1.97. The Hall–Kier alpha value is -0.870. The fraction of sp³-hybridized carbons (Fsp3) is 0.600. The second-order valence-corrected chi connectivity index (χ2v) is 4.08. The van der Waals surface area contributed by atoms with Gasteiger partial charge in [-0.05, 0) is 19.3 Å². The maximum absolute atomic E-state index is 5.97. The molecule has 1 aliphatic rings. The Morgan fingerprint density at radius 1 is 1.53 bits per heavy atom. The average molecular weight is 228 g/mol. The zero-order chi connectivity index (χ0) is 10.7. The first-order valence-electron chi connectivity index (χ1n) is 5.06. The van der Waals surface area contributed by atoms with E-state index < -0.39 is 0 Å². The van der Waals surface area contributed by atoms with E-state index >= 15 is 0 Å². The van der Waals surface area contributed by atoms with Crippen LogP contribution in [-0.2, 0) is 4.74 Å². The molecule has 5 heteroatoms. The van der Waals surface area contributed by atoms with E-state index in [1.54, 1.807) is 13.3 Å². The monoisotopic (exact) mass is 227 g/mol. The molecule has 1 aliphatic carbocycles. The Kier molecular flexibility index (Phi) is 3.38. The molecule has 0 amide bonds. The van der Waals surface area contributed by atoms with Crippen molar-refractivity contribution >= 4 is 17.4 Å². The number of anilines is 1. The van der Waals surface area contributed by atoms with Gasteiger partial charge >= 0.3 is 0 Å². The average Bonchev–Trinajstić information content (AvgIpc) is 2.69. The fourth-order valence-corrected chi connectivity index (χ4v) is 2.13. The van der Waals surface area contributed by atoms with Gasteiger partial charge in [-0.25, -0.2) is 9.97 Å². The molecule has 0 bridgehead atoms. The van der Waals surface area contributed by atoms with E-state index in [4.69, 9.17) is 16.3 Å². The number of aromatic nitrogens is 2. The third kappa shape index (κ3) is 2.38. The van der Waals surface area contributed by atoms with Crippen LogP contribution in [0.25, 0.3) is 0 Å². The molecule has 0 aromatic carbocycles. The molecular formula is C10H14ClN3O. The molecule has 1 aromatic rings. The zero-order valence-electron chi connectivity index (χ0n) is 8.61. The Labute approximate surface area is 94.0 Å². The number of methoxy groups -OCH3 is 1. The summed E-state index contributed by atoms with van der Waals surface area (Å²) in [6, 6.07) is 0.308. The molecule has 1 N–H and O–H groups in total. The van der Waals surface area contributed by atoms with Gasteiger partial charge < -0.3 is 10.1 Å². The summed E-state index contributed by atoms with van der Waals surface area (Å²) in [6.07, 6.45) is 6.71. The van der Waals surface area contributed by atoms with Gasteiger partial charge in [-0.1, -0.05) is 11.6 Å². The van der Waals surface area contributed by atoms with Crippen LogP contribution >= 0.6 is 11.6 Å². The maximum Gasteiger partial charge on any atom is 0.148 e. The van der Waals surface area contributed by atoms with Gasteiger partial charge in [0.25, 0.3) is 0 Å². The standard InChI is InChI=1S/C10H14ClN3O/c1-15-9-4-2-3-8(9)14-10-7(11)5-12-6-13-10/h5-6,8-9H,2-4H2,1H3,(H,12,13,14). The Bertz CT molecular complexity index is 334. The molecule has 4 nitrogen and oxygen atoms in total.